The summed E-state index contributed by atoms with van der Waals surface area (Å²) >= 11 is 11.8. The first-order chi connectivity index (χ1) is 8.60. The summed E-state index contributed by atoms with van der Waals surface area (Å²) in [6.45, 7) is 2.04. The molecule has 0 N–H and O–H groups in total. The third-order valence-corrected chi connectivity index (χ3v) is 2.63. The largest absolute Gasteiger partial charge is 0.466 e. The van der Waals surface area contributed by atoms with Gasteiger partial charge in [0.15, 0.2) is 5.65 Å². The van der Waals surface area contributed by atoms with Gasteiger partial charge < -0.3 is 4.74 Å². The van der Waals surface area contributed by atoms with Crippen LogP contribution in [0.3, 0.4) is 0 Å². The van der Waals surface area contributed by atoms with E-state index in [1.807, 2.05) is 0 Å². The van der Waals surface area contributed by atoms with Crippen LogP contribution in [0.25, 0.3) is 11.0 Å². The van der Waals surface area contributed by atoms with Crippen molar-refractivity contribution in [2.45, 2.75) is 13.3 Å². The molecule has 0 radical (unpaired) electrons. The second kappa shape index (κ2) is 5.46. The quantitative estimate of drug-likeness (QED) is 0.492. The van der Waals surface area contributed by atoms with Crippen molar-refractivity contribution in [3.05, 3.63) is 28.3 Å². The van der Waals surface area contributed by atoms with Crippen LogP contribution in [0.2, 0.25) is 10.3 Å². The number of aromatic nitrogens is 3. The maximum absolute atomic E-state index is 11.3. The van der Waals surface area contributed by atoms with E-state index in [9.17, 15) is 4.79 Å². The Labute approximate surface area is 113 Å². The summed E-state index contributed by atoms with van der Waals surface area (Å²) in [5.41, 5.74) is 0.363. The normalized spacial score (nSPS) is 10.6. The molecular formula is C11H9Cl2N3O2. The Hall–Kier alpha value is -1.46. The first-order valence-corrected chi connectivity index (χ1v) is 6.00. The van der Waals surface area contributed by atoms with Gasteiger partial charge in [-0.1, -0.05) is 23.2 Å². The minimum absolute atomic E-state index is 0.0440. The monoisotopic (exact) mass is 285 g/mol. The van der Waals surface area contributed by atoms with Crippen LogP contribution in [0.1, 0.15) is 12.7 Å². The number of esters is 1. The van der Waals surface area contributed by atoms with E-state index in [4.69, 9.17) is 27.9 Å². The lowest BCUT2D eigenvalue weighted by Crippen LogP contribution is -2.10. The molecular weight excluding hydrogens is 277 g/mol. The Kier molecular flexibility index (Phi) is 3.93. The van der Waals surface area contributed by atoms with Gasteiger partial charge in [0.1, 0.15) is 22.6 Å². The molecule has 0 aliphatic heterocycles. The molecule has 18 heavy (non-hydrogen) atoms. The number of nitrogens with zero attached hydrogens (tertiary/aromatic N) is 3. The number of fused-ring (bicyclic) bond motifs is 1. The van der Waals surface area contributed by atoms with Crippen molar-refractivity contribution in [3.63, 3.8) is 0 Å². The fraction of sp³-hybridized carbons (Fsp3) is 0.273. The fourth-order valence-electron chi connectivity index (χ4n) is 1.41. The number of halogens is 2. The molecule has 2 aromatic heterocycles. The molecule has 0 atom stereocenters. The van der Waals surface area contributed by atoms with E-state index in [0.29, 0.717) is 22.8 Å². The second-order valence-electron chi connectivity index (χ2n) is 3.42. The topological polar surface area (TPSA) is 65.0 Å². The number of hydrogen-bond donors (Lipinski definition) is 0. The van der Waals surface area contributed by atoms with Gasteiger partial charge in [-0.15, -0.1) is 0 Å². The van der Waals surface area contributed by atoms with Gasteiger partial charge in [-0.05, 0) is 19.1 Å². The second-order valence-corrected chi connectivity index (χ2v) is 4.16. The Balaban J connectivity index is 2.38. The Morgan fingerprint density at radius 3 is 2.78 bits per heavy atom. The Morgan fingerprint density at radius 1 is 1.28 bits per heavy atom. The smallest absolute Gasteiger partial charge is 0.313 e. The van der Waals surface area contributed by atoms with Gasteiger partial charge in [0.05, 0.1) is 12.0 Å². The van der Waals surface area contributed by atoms with Crippen LogP contribution in [0, 0.1) is 0 Å². The first kappa shape index (κ1) is 13.0. The molecule has 0 aliphatic rings. The number of pyridine rings is 1. The van der Waals surface area contributed by atoms with Gasteiger partial charge in [-0.3, -0.25) is 4.79 Å². The number of ether oxygens (including phenoxy) is 1. The summed E-state index contributed by atoms with van der Waals surface area (Å²) in [5, 5.41) is 1.14. The molecule has 0 unspecified atom stereocenters. The van der Waals surface area contributed by atoms with Gasteiger partial charge in [-0.25, -0.2) is 15.0 Å². The molecule has 2 heterocycles. The molecule has 0 saturated carbocycles. The first-order valence-electron chi connectivity index (χ1n) is 5.24. The van der Waals surface area contributed by atoms with Crippen LogP contribution in [0.15, 0.2) is 12.1 Å². The van der Waals surface area contributed by atoms with Crippen molar-refractivity contribution >= 4 is 40.2 Å². The molecule has 0 aromatic carbocycles. The average molecular weight is 286 g/mol. The molecule has 5 nitrogen and oxygen atoms in total. The number of rotatable bonds is 3. The zero-order valence-electron chi connectivity index (χ0n) is 9.48. The van der Waals surface area contributed by atoms with E-state index in [1.54, 1.807) is 19.1 Å². The van der Waals surface area contributed by atoms with Gasteiger partial charge in [-0.2, -0.15) is 0 Å². The van der Waals surface area contributed by atoms with Crippen molar-refractivity contribution in [1.82, 2.24) is 15.0 Å². The fourth-order valence-corrected chi connectivity index (χ4v) is 1.80. The van der Waals surface area contributed by atoms with Crippen LogP contribution in [0.4, 0.5) is 0 Å². The number of hydrogen-bond acceptors (Lipinski definition) is 5. The summed E-state index contributed by atoms with van der Waals surface area (Å²) < 4.78 is 4.81. The molecule has 0 bridgehead atoms. The van der Waals surface area contributed by atoms with E-state index in [0.717, 1.165) is 0 Å². The van der Waals surface area contributed by atoms with Crippen molar-refractivity contribution in [3.8, 4) is 0 Å². The van der Waals surface area contributed by atoms with E-state index >= 15 is 0 Å². The highest BCUT2D eigenvalue weighted by molar-refractivity contribution is 6.34. The van der Waals surface area contributed by atoms with Crippen LogP contribution >= 0.6 is 23.2 Å². The molecule has 0 fully saturated rings. The van der Waals surface area contributed by atoms with Crippen molar-refractivity contribution in [2.24, 2.45) is 0 Å². The van der Waals surface area contributed by atoms with Crippen LogP contribution < -0.4 is 0 Å². The van der Waals surface area contributed by atoms with Gasteiger partial charge in [0.2, 0.25) is 0 Å². The molecule has 94 valence electrons. The van der Waals surface area contributed by atoms with Crippen LogP contribution in [-0.4, -0.2) is 27.5 Å². The minimum atomic E-state index is -0.407. The van der Waals surface area contributed by atoms with E-state index < -0.39 is 5.97 Å². The van der Waals surface area contributed by atoms with E-state index in [-0.39, 0.29) is 17.4 Å². The Morgan fingerprint density at radius 2 is 2.06 bits per heavy atom. The average Bonchev–Trinajstić information content (AvgIpc) is 2.28. The lowest BCUT2D eigenvalue weighted by Gasteiger charge is -2.04. The maximum atomic E-state index is 11.3. The molecule has 0 aliphatic carbocycles. The SMILES string of the molecule is CCOC(=O)Cc1nc(Cl)c2ccc(Cl)nc2n1. The highest BCUT2D eigenvalue weighted by Crippen LogP contribution is 2.20. The third kappa shape index (κ3) is 2.86. The molecule has 2 rings (SSSR count). The van der Waals surface area contributed by atoms with Gasteiger partial charge in [0, 0.05) is 0 Å². The lowest BCUT2D eigenvalue weighted by atomic mass is 10.3. The van der Waals surface area contributed by atoms with Crippen molar-refractivity contribution in [1.29, 1.82) is 0 Å². The molecule has 0 saturated heterocycles. The highest BCUT2D eigenvalue weighted by atomic mass is 35.5. The number of carbonyl (C=O) groups is 1. The molecule has 7 heteroatoms. The molecule has 0 spiro atoms. The molecule has 0 amide bonds. The summed E-state index contributed by atoms with van der Waals surface area (Å²) in [5.74, 6) is -0.143. The van der Waals surface area contributed by atoms with Crippen molar-refractivity contribution < 1.29 is 9.53 Å². The van der Waals surface area contributed by atoms with E-state index in [2.05, 4.69) is 15.0 Å². The summed E-state index contributed by atoms with van der Waals surface area (Å²) in [6.07, 6.45) is -0.0440. The Bertz CT molecular complexity index is 604. The standard InChI is InChI=1S/C11H9Cl2N3O2/c1-2-18-9(17)5-8-15-10(13)6-3-4-7(12)14-11(6)16-8/h3-4H,2,5H2,1H3. The zero-order valence-corrected chi connectivity index (χ0v) is 11.0. The summed E-state index contributed by atoms with van der Waals surface area (Å²) in [6, 6.07) is 3.28. The van der Waals surface area contributed by atoms with Crippen molar-refractivity contribution in [2.75, 3.05) is 6.61 Å². The predicted octanol–water partition coefficient (Wildman–Crippen LogP) is 2.44. The van der Waals surface area contributed by atoms with Gasteiger partial charge in [0.25, 0.3) is 0 Å². The minimum Gasteiger partial charge on any atom is -0.466 e. The summed E-state index contributed by atoms with van der Waals surface area (Å²) in [7, 11) is 0. The highest BCUT2D eigenvalue weighted by Gasteiger charge is 2.11. The van der Waals surface area contributed by atoms with Crippen LogP contribution in [-0.2, 0) is 16.0 Å². The summed E-state index contributed by atoms with van der Waals surface area (Å²) in [4.78, 5) is 23.5. The zero-order chi connectivity index (χ0) is 13.1. The van der Waals surface area contributed by atoms with Gasteiger partial charge >= 0.3 is 5.97 Å². The molecule has 2 aromatic rings. The third-order valence-electron chi connectivity index (χ3n) is 2.13. The maximum Gasteiger partial charge on any atom is 0.313 e. The van der Waals surface area contributed by atoms with Crippen LogP contribution in [0.5, 0.6) is 0 Å². The van der Waals surface area contributed by atoms with E-state index in [1.165, 1.54) is 0 Å². The number of carbonyl (C=O) groups excluding carboxylic acids is 1. The predicted molar refractivity (Wildman–Crippen MR) is 67.7 cm³/mol. The lowest BCUT2D eigenvalue weighted by molar-refractivity contribution is -0.142.